The van der Waals surface area contributed by atoms with Crippen LogP contribution in [0.4, 0.5) is 0 Å². The monoisotopic (exact) mass is 469 g/mol. The Labute approximate surface area is 204 Å². The van der Waals surface area contributed by atoms with Crippen molar-refractivity contribution in [3.05, 3.63) is 0 Å². The van der Waals surface area contributed by atoms with E-state index in [9.17, 15) is 9.59 Å². The van der Waals surface area contributed by atoms with Gasteiger partial charge < -0.3 is 15.5 Å². The maximum absolute atomic E-state index is 10.0. The van der Waals surface area contributed by atoms with Gasteiger partial charge in [-0.25, -0.2) is 0 Å². The van der Waals surface area contributed by atoms with Crippen LogP contribution in [0.2, 0.25) is 0 Å². The van der Waals surface area contributed by atoms with Gasteiger partial charge in [-0.15, -0.1) is 0 Å². The van der Waals surface area contributed by atoms with Gasteiger partial charge in [-0.05, 0) is 38.5 Å². The van der Waals surface area contributed by atoms with Gasteiger partial charge in [-0.2, -0.15) is 0 Å². The Morgan fingerprint density at radius 3 is 1.21 bits per heavy atom. The van der Waals surface area contributed by atoms with E-state index in [1.807, 2.05) is 0 Å². The van der Waals surface area contributed by atoms with Gasteiger partial charge in [0.25, 0.3) is 0 Å². The summed E-state index contributed by atoms with van der Waals surface area (Å²) in [6.07, 6.45) is 26.3. The van der Waals surface area contributed by atoms with E-state index in [0.29, 0.717) is 12.8 Å². The first-order valence-electron chi connectivity index (χ1n) is 14.2. The molecule has 0 bridgehead atoms. The predicted molar refractivity (Wildman–Crippen MR) is 139 cm³/mol. The normalized spacial score (nSPS) is 16.8. The fraction of sp³-hybridized carbons (Fsp3) is 0.929. The molecule has 0 aromatic heterocycles. The molecule has 0 aromatic carbocycles. The highest BCUT2D eigenvalue weighted by Gasteiger charge is 2.19. The lowest BCUT2D eigenvalue weighted by Gasteiger charge is -2.30. The van der Waals surface area contributed by atoms with Gasteiger partial charge >= 0.3 is 11.9 Å². The molecule has 2 fully saturated rings. The maximum Gasteiger partial charge on any atom is 0.303 e. The summed E-state index contributed by atoms with van der Waals surface area (Å²) in [7, 11) is 0. The summed E-state index contributed by atoms with van der Waals surface area (Å²) in [5, 5.41) is 20.4. The van der Waals surface area contributed by atoms with Gasteiger partial charge in [0.15, 0.2) is 0 Å². The lowest BCUT2D eigenvalue weighted by molar-refractivity contribution is -0.138. The molecule has 2 saturated carbocycles. The molecule has 0 atom stereocenters. The van der Waals surface area contributed by atoms with Crippen molar-refractivity contribution in [3.63, 3.8) is 0 Å². The number of hydrogen-bond donors (Lipinski definition) is 3. The van der Waals surface area contributed by atoms with E-state index in [1.165, 1.54) is 103 Å². The molecular formula is C28H55NO4. The lowest BCUT2D eigenvalue weighted by Crippen LogP contribution is -2.40. The minimum absolute atomic E-state index is 0.337. The zero-order chi connectivity index (χ0) is 24.6. The van der Waals surface area contributed by atoms with Crippen LogP contribution in [0.3, 0.4) is 0 Å². The van der Waals surface area contributed by atoms with Crippen molar-refractivity contribution in [1.29, 1.82) is 0 Å². The number of carboxylic acid groups (broad SMARTS) is 2. The zero-order valence-electron chi connectivity index (χ0n) is 21.9. The van der Waals surface area contributed by atoms with E-state index in [4.69, 9.17) is 10.2 Å². The summed E-state index contributed by atoms with van der Waals surface area (Å²) in [5.41, 5.74) is 0. The number of hydrogen-bond acceptors (Lipinski definition) is 3. The molecule has 5 heteroatoms. The predicted octanol–water partition coefficient (Wildman–Crippen LogP) is 8.10. The molecule has 196 valence electrons. The van der Waals surface area contributed by atoms with Crippen molar-refractivity contribution in [2.45, 2.75) is 167 Å². The summed E-state index contributed by atoms with van der Waals surface area (Å²) in [5.74, 6) is -1.34. The maximum atomic E-state index is 10.0. The van der Waals surface area contributed by atoms with Crippen LogP contribution < -0.4 is 5.32 Å². The largest absolute Gasteiger partial charge is 0.481 e. The molecule has 2 rings (SSSR count). The van der Waals surface area contributed by atoms with Crippen LogP contribution in [0, 0.1) is 0 Å². The van der Waals surface area contributed by atoms with Crippen molar-refractivity contribution >= 4 is 11.9 Å². The van der Waals surface area contributed by atoms with E-state index in [0.717, 1.165) is 37.8 Å². The highest BCUT2D eigenvalue weighted by Crippen LogP contribution is 2.22. The van der Waals surface area contributed by atoms with Gasteiger partial charge in [0.05, 0.1) is 0 Å². The molecule has 2 aliphatic carbocycles. The van der Waals surface area contributed by atoms with Gasteiger partial charge in [0.2, 0.25) is 0 Å². The average Bonchev–Trinajstić information content (AvgIpc) is 2.81. The molecule has 5 nitrogen and oxygen atoms in total. The summed E-state index contributed by atoms with van der Waals surface area (Å²) in [6, 6.07) is 1.74. The molecular weight excluding hydrogens is 414 g/mol. The van der Waals surface area contributed by atoms with Crippen LogP contribution in [0.1, 0.15) is 155 Å². The van der Waals surface area contributed by atoms with E-state index in [-0.39, 0.29) is 0 Å². The van der Waals surface area contributed by atoms with Crippen LogP contribution in [0.15, 0.2) is 0 Å². The van der Waals surface area contributed by atoms with E-state index >= 15 is 0 Å². The Hall–Kier alpha value is -1.10. The average molecular weight is 470 g/mol. The minimum Gasteiger partial charge on any atom is -0.481 e. The second kappa shape index (κ2) is 24.0. The first-order chi connectivity index (χ1) is 16.0. The summed E-state index contributed by atoms with van der Waals surface area (Å²) in [4.78, 5) is 20.1. The third kappa shape index (κ3) is 23.8. The van der Waals surface area contributed by atoms with Crippen molar-refractivity contribution in [2.75, 3.05) is 0 Å². The number of aliphatic carboxylic acids is 2. The fourth-order valence-corrected chi connectivity index (χ4v) is 4.63. The lowest BCUT2D eigenvalue weighted by atomic mass is 9.91. The second-order valence-corrected chi connectivity index (χ2v) is 9.95. The third-order valence-electron chi connectivity index (χ3n) is 6.67. The first kappa shape index (κ1) is 31.9. The standard InChI is InChI=1S/C12H23N.2C8H16O2/c1-3-7-11(8-4-1)13-12-9-5-2-6-10-12;2*1-2-3-4-5-6-7-8(9)10/h11-13H,1-10H2;2*2-7H2,1H3,(H,9,10). The molecule has 3 N–H and O–H groups in total. The summed E-state index contributed by atoms with van der Waals surface area (Å²) in [6.45, 7) is 4.30. The number of unbranched alkanes of at least 4 members (excludes halogenated alkanes) is 8. The third-order valence-corrected chi connectivity index (χ3v) is 6.67. The summed E-state index contributed by atoms with van der Waals surface area (Å²) >= 11 is 0. The Bertz CT molecular complexity index is 403. The molecule has 0 radical (unpaired) electrons. The van der Waals surface area contributed by atoms with Crippen molar-refractivity contribution in [3.8, 4) is 0 Å². The molecule has 0 aromatic rings. The highest BCUT2D eigenvalue weighted by molar-refractivity contribution is 5.66. The van der Waals surface area contributed by atoms with Gasteiger partial charge in [0, 0.05) is 24.9 Å². The van der Waals surface area contributed by atoms with Crippen LogP contribution in [-0.4, -0.2) is 34.2 Å². The van der Waals surface area contributed by atoms with E-state index < -0.39 is 11.9 Å². The molecule has 0 amide bonds. The second-order valence-electron chi connectivity index (χ2n) is 9.95. The topological polar surface area (TPSA) is 86.6 Å². The number of carbonyl (C=O) groups is 2. The summed E-state index contributed by atoms with van der Waals surface area (Å²) < 4.78 is 0. The Morgan fingerprint density at radius 2 is 0.909 bits per heavy atom. The Morgan fingerprint density at radius 1 is 0.576 bits per heavy atom. The van der Waals surface area contributed by atoms with Crippen molar-refractivity contribution < 1.29 is 19.8 Å². The molecule has 33 heavy (non-hydrogen) atoms. The van der Waals surface area contributed by atoms with Crippen LogP contribution in [0.25, 0.3) is 0 Å². The molecule has 2 aliphatic rings. The highest BCUT2D eigenvalue weighted by atomic mass is 16.4. The smallest absolute Gasteiger partial charge is 0.303 e. The zero-order valence-corrected chi connectivity index (χ0v) is 21.9. The van der Waals surface area contributed by atoms with Crippen molar-refractivity contribution in [2.24, 2.45) is 0 Å². The minimum atomic E-state index is -0.670. The fourth-order valence-electron chi connectivity index (χ4n) is 4.63. The van der Waals surface area contributed by atoms with Gasteiger partial charge in [0.1, 0.15) is 0 Å². The van der Waals surface area contributed by atoms with E-state index in [1.54, 1.807) is 0 Å². The van der Waals surface area contributed by atoms with Crippen LogP contribution in [0.5, 0.6) is 0 Å². The van der Waals surface area contributed by atoms with Crippen LogP contribution >= 0.6 is 0 Å². The quantitative estimate of drug-likeness (QED) is 0.224. The number of rotatable bonds is 14. The SMILES string of the molecule is C1CCC(NC2CCCCC2)CC1.CCCCCCCC(=O)O.CCCCCCCC(=O)O. The van der Waals surface area contributed by atoms with Gasteiger partial charge in [-0.3, -0.25) is 9.59 Å². The van der Waals surface area contributed by atoms with Crippen molar-refractivity contribution in [1.82, 2.24) is 5.32 Å². The Balaban J connectivity index is 0.000000474. The number of carboxylic acids is 2. The molecule has 0 saturated heterocycles. The van der Waals surface area contributed by atoms with Gasteiger partial charge in [-0.1, -0.05) is 104 Å². The molecule has 0 aliphatic heterocycles. The Kier molecular flexibility index (Phi) is 23.2. The molecule has 0 spiro atoms. The first-order valence-corrected chi connectivity index (χ1v) is 14.2. The molecule has 0 unspecified atom stereocenters. The molecule has 0 heterocycles. The number of nitrogens with one attached hydrogen (secondary N) is 1. The van der Waals surface area contributed by atoms with Crippen LogP contribution in [-0.2, 0) is 9.59 Å². The van der Waals surface area contributed by atoms with E-state index in [2.05, 4.69) is 19.2 Å².